The number of nitrogens with one attached hydrogen (secondary N) is 1. The maximum atomic E-state index is 15.8. The van der Waals surface area contributed by atoms with E-state index in [1.54, 1.807) is 0 Å². The Morgan fingerprint density at radius 3 is 1.37 bits per heavy atom. The highest BCUT2D eigenvalue weighted by Gasteiger charge is 2.41. The van der Waals surface area contributed by atoms with E-state index >= 15 is 4.39 Å². The Hall–Kier alpha value is -2.92. The molecule has 5 heteroatoms. The average molecular weight is 871 g/mol. The van der Waals surface area contributed by atoms with Gasteiger partial charge in [0.2, 0.25) is 0 Å². The predicted octanol–water partition coefficient (Wildman–Crippen LogP) is 18.9. The first-order valence-corrected chi connectivity index (χ1v) is 24.9. The van der Waals surface area contributed by atoms with Gasteiger partial charge in [-0.2, -0.15) is 0 Å². The van der Waals surface area contributed by atoms with E-state index in [4.69, 9.17) is 4.74 Å². The lowest BCUT2D eigenvalue weighted by molar-refractivity contribution is 0.153. The zero-order valence-electron chi connectivity index (χ0n) is 46.0. The van der Waals surface area contributed by atoms with Crippen molar-refractivity contribution in [2.45, 2.75) is 241 Å². The van der Waals surface area contributed by atoms with Gasteiger partial charge in [-0.3, -0.25) is 5.41 Å². The highest BCUT2D eigenvalue weighted by atomic mass is 19.1. The van der Waals surface area contributed by atoms with Gasteiger partial charge < -0.3 is 15.4 Å². The van der Waals surface area contributed by atoms with Crippen LogP contribution in [0.3, 0.4) is 0 Å². The summed E-state index contributed by atoms with van der Waals surface area (Å²) >= 11 is 0. The molecule has 3 N–H and O–H groups in total. The first-order valence-electron chi connectivity index (χ1n) is 24.9. The van der Waals surface area contributed by atoms with Crippen molar-refractivity contribution < 1.29 is 9.13 Å². The summed E-state index contributed by atoms with van der Waals surface area (Å²) in [6, 6.07) is 0.928. The summed E-state index contributed by atoms with van der Waals surface area (Å²) in [7, 11) is 1.50. The third kappa shape index (κ3) is 23.1. The highest BCUT2D eigenvalue weighted by molar-refractivity contribution is 6.17. The number of rotatable bonds is 19. The van der Waals surface area contributed by atoms with Crippen LogP contribution in [0.15, 0.2) is 93.8 Å². The molecular formula is C57H108FN3O. The minimum Gasteiger partial charge on any atom is -0.498 e. The molecule has 1 saturated heterocycles. The molecule has 2 aliphatic rings. The molecule has 1 aliphatic heterocycles. The zero-order chi connectivity index (χ0) is 50.1. The van der Waals surface area contributed by atoms with Crippen LogP contribution in [-0.4, -0.2) is 36.3 Å². The number of allylic oxidation sites excluding steroid dienone is 10. The van der Waals surface area contributed by atoms with Gasteiger partial charge in [-0.05, 0) is 146 Å². The molecule has 1 saturated carbocycles. The van der Waals surface area contributed by atoms with E-state index in [2.05, 4.69) is 99.3 Å². The van der Waals surface area contributed by atoms with Crippen molar-refractivity contribution in [1.29, 1.82) is 5.41 Å². The Bertz CT molecular complexity index is 1420. The van der Waals surface area contributed by atoms with Crippen molar-refractivity contribution in [1.82, 2.24) is 4.90 Å². The first-order chi connectivity index (χ1) is 29.1. The van der Waals surface area contributed by atoms with Gasteiger partial charge in [0.15, 0.2) is 0 Å². The molecule has 2 rings (SSSR count). The second kappa shape index (κ2) is 37.5. The van der Waals surface area contributed by atoms with Crippen LogP contribution in [0.4, 0.5) is 4.39 Å². The fourth-order valence-corrected chi connectivity index (χ4v) is 6.86. The van der Waals surface area contributed by atoms with Crippen LogP contribution < -0.4 is 5.73 Å². The molecular weight excluding hydrogens is 762 g/mol. The number of ether oxygens (including phenoxy) is 1. The SMILES string of the molecule is C=C(C)/C(C)=C(\C(=N)C(=C(\F)CC)/C(CC)=C(/CC)C(=C)C(=C)N1C(CC)CCC1CC)C(C)=C(C)C.C=C(C)OCC1(CC)CC1.CC.CC.CC.CCC(C)(C)CC.CN. The van der Waals surface area contributed by atoms with Crippen LogP contribution in [0, 0.1) is 16.2 Å². The quantitative estimate of drug-likeness (QED) is 0.0772. The second-order valence-corrected chi connectivity index (χ2v) is 16.8. The van der Waals surface area contributed by atoms with Crippen molar-refractivity contribution in [3.63, 3.8) is 0 Å². The third-order valence-corrected chi connectivity index (χ3v) is 12.4. The number of hydrogen-bond acceptors (Lipinski definition) is 4. The molecule has 0 aromatic heterocycles. The molecule has 4 nitrogen and oxygen atoms in total. The van der Waals surface area contributed by atoms with Crippen LogP contribution in [0.5, 0.6) is 0 Å². The molecule has 1 heterocycles. The standard InChI is InChI=1S/C34H53FN2.C9H16O.C7H16.3C2H6.CH5N/c1-14-27-19-20-28(15-2)37(27)26(13)25(12)29(16-3)30(17-4)33(31(35)18-5)34(36)32(23(10)21(6)7)24(11)22(8)9;1-4-9(5-6-9)7-10-8(2)3;1-5-7(3,4)6-2;4*1-2/h27-28,36H,6,12-20H2,1-5,7-11H3;2,4-7H2,1,3H3;5-6H2,1-4H3;3*1-2H3;2H2,1H3/b30-29-,32-23-,33-31-,36-34?;;;;;;. The molecule has 2 unspecified atom stereocenters. The fraction of sp³-hybridized carbons (Fsp3) is 0.702. The van der Waals surface area contributed by atoms with Gasteiger partial charge >= 0.3 is 0 Å². The number of nitrogens with two attached hydrogens (primary N) is 1. The Kier molecular flexibility index (Phi) is 41.2. The lowest BCUT2D eigenvalue weighted by Crippen LogP contribution is -2.35. The number of likely N-dealkylation sites (tertiary alicyclic amines) is 1. The molecule has 1 aliphatic carbocycles. The summed E-state index contributed by atoms with van der Waals surface area (Å²) in [5, 5.41) is 9.40. The average Bonchev–Trinajstić information content (AvgIpc) is 3.96. The normalized spacial score (nSPS) is 16.7. The minimum absolute atomic E-state index is 0.235. The molecule has 2 fully saturated rings. The van der Waals surface area contributed by atoms with Crippen molar-refractivity contribution in [2.75, 3.05) is 13.7 Å². The monoisotopic (exact) mass is 870 g/mol. The fourth-order valence-electron chi connectivity index (χ4n) is 6.86. The molecule has 0 bridgehead atoms. The van der Waals surface area contributed by atoms with Crippen molar-refractivity contribution in [3.05, 3.63) is 93.8 Å². The summed E-state index contributed by atoms with van der Waals surface area (Å²) in [6.07, 6.45) is 12.6. The lowest BCUT2D eigenvalue weighted by Gasteiger charge is -2.35. The smallest absolute Gasteiger partial charge is 0.109 e. The molecule has 0 amide bonds. The zero-order valence-corrected chi connectivity index (χ0v) is 46.0. The Morgan fingerprint density at radius 2 is 1.11 bits per heavy atom. The maximum Gasteiger partial charge on any atom is 0.109 e. The van der Waals surface area contributed by atoms with Gasteiger partial charge in [0.25, 0.3) is 0 Å². The van der Waals surface area contributed by atoms with Gasteiger partial charge in [-0.25, -0.2) is 4.39 Å². The third-order valence-electron chi connectivity index (χ3n) is 12.4. The Balaban J connectivity index is -0.000000351. The predicted molar refractivity (Wildman–Crippen MR) is 284 cm³/mol. The van der Waals surface area contributed by atoms with Gasteiger partial charge in [-0.15, -0.1) is 0 Å². The number of hydrogen-bond donors (Lipinski definition) is 2. The molecule has 62 heavy (non-hydrogen) atoms. The minimum atomic E-state index is -0.251. The van der Waals surface area contributed by atoms with Crippen LogP contribution in [0.1, 0.15) is 229 Å². The lowest BCUT2D eigenvalue weighted by atomic mass is 9.81. The summed E-state index contributed by atoms with van der Waals surface area (Å²) in [6.45, 7) is 63.5. The first kappa shape index (κ1) is 68.1. The van der Waals surface area contributed by atoms with Crippen molar-refractivity contribution in [2.24, 2.45) is 16.6 Å². The van der Waals surface area contributed by atoms with Crippen molar-refractivity contribution in [3.8, 4) is 0 Å². The van der Waals surface area contributed by atoms with Gasteiger partial charge in [0, 0.05) is 34.3 Å². The number of halogens is 1. The molecule has 364 valence electrons. The molecule has 0 aromatic carbocycles. The van der Waals surface area contributed by atoms with Crippen LogP contribution in [0.2, 0.25) is 0 Å². The summed E-state index contributed by atoms with van der Waals surface area (Å²) in [4.78, 5) is 2.47. The largest absolute Gasteiger partial charge is 0.498 e. The van der Waals surface area contributed by atoms with E-state index in [0.717, 1.165) is 75.5 Å². The highest BCUT2D eigenvalue weighted by Crippen LogP contribution is 2.49. The molecule has 0 aromatic rings. The molecule has 2 atom stereocenters. The van der Waals surface area contributed by atoms with Crippen molar-refractivity contribution >= 4 is 5.71 Å². The van der Waals surface area contributed by atoms with E-state index in [1.807, 2.05) is 90.0 Å². The Morgan fingerprint density at radius 1 is 0.694 bits per heavy atom. The van der Waals surface area contributed by atoms with Crippen LogP contribution in [0.25, 0.3) is 0 Å². The summed E-state index contributed by atoms with van der Waals surface area (Å²) < 4.78 is 21.2. The van der Waals surface area contributed by atoms with Crippen LogP contribution >= 0.6 is 0 Å². The Labute approximate surface area is 389 Å². The maximum absolute atomic E-state index is 15.8. The van der Waals surface area contributed by atoms with Gasteiger partial charge in [0.05, 0.1) is 18.1 Å². The van der Waals surface area contributed by atoms with Gasteiger partial charge in [0.1, 0.15) is 5.83 Å². The van der Waals surface area contributed by atoms with E-state index < -0.39 is 0 Å². The molecule has 0 spiro atoms. The topological polar surface area (TPSA) is 62.3 Å². The summed E-state index contributed by atoms with van der Waals surface area (Å²) in [5.74, 6) is 0.596. The van der Waals surface area contributed by atoms with Gasteiger partial charge in [-0.1, -0.05) is 161 Å². The van der Waals surface area contributed by atoms with E-state index in [0.29, 0.717) is 41.3 Å². The summed E-state index contributed by atoms with van der Waals surface area (Å²) in [5.41, 5.74) is 14.7. The number of nitrogens with zero attached hydrogens (tertiary/aromatic N) is 1. The van der Waals surface area contributed by atoms with E-state index in [1.165, 1.54) is 52.0 Å². The van der Waals surface area contributed by atoms with E-state index in [-0.39, 0.29) is 18.0 Å². The second-order valence-electron chi connectivity index (χ2n) is 16.8. The molecule has 0 radical (unpaired) electrons. The van der Waals surface area contributed by atoms with Crippen LogP contribution in [-0.2, 0) is 4.74 Å². The van der Waals surface area contributed by atoms with E-state index in [9.17, 15) is 5.41 Å².